The van der Waals surface area contributed by atoms with Gasteiger partial charge in [0.1, 0.15) is 5.75 Å². The van der Waals surface area contributed by atoms with Gasteiger partial charge in [-0.05, 0) is 18.1 Å². The molecule has 5 heteroatoms. The predicted octanol–water partition coefficient (Wildman–Crippen LogP) is 1.40. The molecule has 0 radical (unpaired) electrons. The van der Waals surface area contributed by atoms with Gasteiger partial charge in [-0.15, -0.1) is 0 Å². The Morgan fingerprint density at radius 2 is 2.28 bits per heavy atom. The van der Waals surface area contributed by atoms with E-state index in [-0.39, 0.29) is 18.4 Å². The number of carbonyl (C=O) groups excluding carboxylic acids is 2. The number of para-hydroxylation sites is 1. The molecule has 1 heterocycles. The van der Waals surface area contributed by atoms with E-state index in [4.69, 9.17) is 4.74 Å². The fourth-order valence-electron chi connectivity index (χ4n) is 1.68. The van der Waals surface area contributed by atoms with Gasteiger partial charge in [0.25, 0.3) is 11.8 Å². The zero-order chi connectivity index (χ0) is 13.1. The van der Waals surface area contributed by atoms with Crippen molar-refractivity contribution in [3.05, 3.63) is 23.8 Å². The maximum atomic E-state index is 12.0. The molecule has 96 valence electrons. The molecule has 1 aliphatic heterocycles. The first-order chi connectivity index (χ1) is 8.58. The molecule has 2 N–H and O–H groups in total. The van der Waals surface area contributed by atoms with Crippen molar-refractivity contribution in [3.8, 4) is 5.75 Å². The van der Waals surface area contributed by atoms with Crippen molar-refractivity contribution >= 4 is 17.5 Å². The lowest BCUT2D eigenvalue weighted by atomic mass is 10.1. The fourth-order valence-corrected chi connectivity index (χ4v) is 1.68. The monoisotopic (exact) mass is 248 g/mol. The van der Waals surface area contributed by atoms with Crippen LogP contribution in [0, 0.1) is 5.92 Å². The van der Waals surface area contributed by atoms with E-state index in [9.17, 15) is 9.59 Å². The average molecular weight is 248 g/mol. The number of fused-ring (bicyclic) bond motifs is 1. The van der Waals surface area contributed by atoms with E-state index < -0.39 is 0 Å². The van der Waals surface area contributed by atoms with Crippen LogP contribution in [0.5, 0.6) is 5.75 Å². The normalized spacial score (nSPS) is 13.6. The first kappa shape index (κ1) is 12.4. The molecular formula is C13H16N2O3. The van der Waals surface area contributed by atoms with Crippen LogP contribution in [-0.4, -0.2) is 25.0 Å². The molecular weight excluding hydrogens is 232 g/mol. The first-order valence-electron chi connectivity index (χ1n) is 5.92. The van der Waals surface area contributed by atoms with Crippen molar-refractivity contribution in [1.29, 1.82) is 0 Å². The van der Waals surface area contributed by atoms with E-state index >= 15 is 0 Å². The van der Waals surface area contributed by atoms with Gasteiger partial charge in [-0.1, -0.05) is 19.9 Å². The summed E-state index contributed by atoms with van der Waals surface area (Å²) < 4.78 is 5.26. The third-order valence-electron chi connectivity index (χ3n) is 2.56. The minimum Gasteiger partial charge on any atom is -0.482 e. The molecule has 0 atom stereocenters. The Hall–Kier alpha value is -2.04. The van der Waals surface area contributed by atoms with Gasteiger partial charge in [-0.2, -0.15) is 0 Å². The smallest absolute Gasteiger partial charge is 0.262 e. The van der Waals surface area contributed by atoms with Crippen molar-refractivity contribution in [2.24, 2.45) is 5.92 Å². The van der Waals surface area contributed by atoms with Crippen LogP contribution in [0.15, 0.2) is 18.2 Å². The van der Waals surface area contributed by atoms with E-state index in [2.05, 4.69) is 10.6 Å². The van der Waals surface area contributed by atoms with E-state index in [1.165, 1.54) is 0 Å². The Kier molecular flexibility index (Phi) is 3.50. The van der Waals surface area contributed by atoms with Crippen LogP contribution in [0.25, 0.3) is 0 Å². The second-order valence-electron chi connectivity index (χ2n) is 4.62. The zero-order valence-corrected chi connectivity index (χ0v) is 10.4. The van der Waals surface area contributed by atoms with Crippen molar-refractivity contribution in [1.82, 2.24) is 5.32 Å². The van der Waals surface area contributed by atoms with Gasteiger partial charge in [0.15, 0.2) is 6.61 Å². The quantitative estimate of drug-likeness (QED) is 0.849. The molecule has 18 heavy (non-hydrogen) atoms. The summed E-state index contributed by atoms with van der Waals surface area (Å²) in [7, 11) is 0. The highest BCUT2D eigenvalue weighted by Crippen LogP contribution is 2.30. The van der Waals surface area contributed by atoms with Crippen molar-refractivity contribution < 1.29 is 14.3 Å². The molecule has 1 aliphatic rings. The van der Waals surface area contributed by atoms with Crippen LogP contribution in [0.3, 0.4) is 0 Å². The van der Waals surface area contributed by atoms with Crippen molar-refractivity contribution in [2.45, 2.75) is 13.8 Å². The Labute approximate surface area is 106 Å². The van der Waals surface area contributed by atoms with Crippen LogP contribution >= 0.6 is 0 Å². The largest absolute Gasteiger partial charge is 0.482 e. The number of ether oxygens (including phenoxy) is 1. The number of benzene rings is 1. The number of carbonyl (C=O) groups is 2. The summed E-state index contributed by atoms with van der Waals surface area (Å²) in [6.07, 6.45) is 0. The van der Waals surface area contributed by atoms with Crippen LogP contribution < -0.4 is 15.4 Å². The topological polar surface area (TPSA) is 67.4 Å². The van der Waals surface area contributed by atoms with Gasteiger partial charge in [-0.3, -0.25) is 9.59 Å². The maximum Gasteiger partial charge on any atom is 0.262 e. The number of hydrogen-bond acceptors (Lipinski definition) is 3. The Morgan fingerprint density at radius 3 is 3.00 bits per heavy atom. The third-order valence-corrected chi connectivity index (χ3v) is 2.56. The minimum absolute atomic E-state index is 0.00985. The van der Waals surface area contributed by atoms with Crippen LogP contribution in [0.4, 0.5) is 5.69 Å². The summed E-state index contributed by atoms with van der Waals surface area (Å²) in [6, 6.07) is 5.14. The van der Waals surface area contributed by atoms with E-state index in [0.29, 0.717) is 29.5 Å². The second kappa shape index (κ2) is 5.08. The summed E-state index contributed by atoms with van der Waals surface area (Å²) in [6.45, 7) is 4.62. The zero-order valence-electron chi connectivity index (χ0n) is 10.4. The van der Waals surface area contributed by atoms with Crippen LogP contribution in [-0.2, 0) is 4.79 Å². The van der Waals surface area contributed by atoms with Gasteiger partial charge in [0, 0.05) is 6.54 Å². The molecule has 1 aromatic carbocycles. The number of nitrogens with one attached hydrogen (secondary N) is 2. The Bertz CT molecular complexity index is 483. The fraction of sp³-hybridized carbons (Fsp3) is 0.385. The van der Waals surface area contributed by atoms with Crippen molar-refractivity contribution in [2.75, 3.05) is 18.5 Å². The Balaban J connectivity index is 2.23. The summed E-state index contributed by atoms with van der Waals surface area (Å²) in [5, 5.41) is 5.49. The van der Waals surface area contributed by atoms with Crippen LogP contribution in [0.2, 0.25) is 0 Å². The molecule has 2 rings (SSSR count). The molecule has 0 aliphatic carbocycles. The lowest BCUT2D eigenvalue weighted by Gasteiger charge is -2.20. The molecule has 0 bridgehead atoms. The van der Waals surface area contributed by atoms with Gasteiger partial charge in [0.05, 0.1) is 11.3 Å². The molecule has 2 amide bonds. The predicted molar refractivity (Wildman–Crippen MR) is 67.7 cm³/mol. The standard InChI is InChI=1S/C13H16N2O3/c1-8(2)6-14-13(17)9-4-3-5-10-12(9)15-11(16)7-18-10/h3-5,8H,6-7H2,1-2H3,(H,14,17)(H,15,16). The lowest BCUT2D eigenvalue weighted by Crippen LogP contribution is -2.31. The van der Waals surface area contributed by atoms with E-state index in [0.717, 1.165) is 0 Å². The molecule has 0 unspecified atom stereocenters. The third kappa shape index (κ3) is 2.61. The Morgan fingerprint density at radius 1 is 1.50 bits per heavy atom. The summed E-state index contributed by atoms with van der Waals surface area (Å²) >= 11 is 0. The first-order valence-corrected chi connectivity index (χ1v) is 5.92. The molecule has 0 aromatic heterocycles. The van der Waals surface area contributed by atoms with Gasteiger partial charge in [-0.25, -0.2) is 0 Å². The van der Waals surface area contributed by atoms with E-state index in [1.807, 2.05) is 13.8 Å². The molecule has 0 fully saturated rings. The highest BCUT2D eigenvalue weighted by Gasteiger charge is 2.22. The molecule has 1 aromatic rings. The second-order valence-corrected chi connectivity index (χ2v) is 4.62. The molecule has 0 spiro atoms. The molecule has 0 saturated heterocycles. The SMILES string of the molecule is CC(C)CNC(=O)c1cccc2c1NC(=O)CO2. The molecule has 0 saturated carbocycles. The highest BCUT2D eigenvalue weighted by atomic mass is 16.5. The summed E-state index contributed by atoms with van der Waals surface area (Å²) in [5.41, 5.74) is 0.885. The maximum absolute atomic E-state index is 12.0. The minimum atomic E-state index is -0.244. The number of anilines is 1. The number of amides is 2. The van der Waals surface area contributed by atoms with Crippen LogP contribution in [0.1, 0.15) is 24.2 Å². The summed E-state index contributed by atoms with van der Waals surface area (Å²) in [4.78, 5) is 23.3. The molecule has 5 nitrogen and oxygen atoms in total. The average Bonchev–Trinajstić information content (AvgIpc) is 2.35. The van der Waals surface area contributed by atoms with Gasteiger partial charge >= 0.3 is 0 Å². The van der Waals surface area contributed by atoms with Crippen molar-refractivity contribution in [3.63, 3.8) is 0 Å². The summed E-state index contributed by atoms with van der Waals surface area (Å²) in [5.74, 6) is 0.462. The lowest BCUT2D eigenvalue weighted by molar-refractivity contribution is -0.118. The number of rotatable bonds is 3. The van der Waals surface area contributed by atoms with E-state index in [1.54, 1.807) is 18.2 Å². The van der Waals surface area contributed by atoms with Gasteiger partial charge in [0.2, 0.25) is 0 Å². The number of hydrogen-bond donors (Lipinski definition) is 2. The highest BCUT2D eigenvalue weighted by molar-refractivity contribution is 6.06. The van der Waals surface area contributed by atoms with Gasteiger partial charge < -0.3 is 15.4 Å².